The number of rotatable bonds is 7. The summed E-state index contributed by atoms with van der Waals surface area (Å²) < 4.78 is 10.9. The van der Waals surface area contributed by atoms with E-state index in [4.69, 9.17) is 9.47 Å². The van der Waals surface area contributed by atoms with Gasteiger partial charge in [-0.15, -0.1) is 0 Å². The van der Waals surface area contributed by atoms with Crippen molar-refractivity contribution < 1.29 is 19.1 Å². The van der Waals surface area contributed by atoms with E-state index in [9.17, 15) is 9.59 Å². The number of ether oxygens (including phenoxy) is 2. The first-order valence-corrected chi connectivity index (χ1v) is 10.4. The molecule has 2 aromatic heterocycles. The van der Waals surface area contributed by atoms with Crippen molar-refractivity contribution in [2.24, 2.45) is 0 Å². The van der Waals surface area contributed by atoms with Crippen LogP contribution >= 0.6 is 0 Å². The van der Waals surface area contributed by atoms with Crippen LogP contribution in [0.5, 0.6) is 0 Å². The molecule has 30 heavy (non-hydrogen) atoms. The molecule has 0 unspecified atom stereocenters. The van der Waals surface area contributed by atoms with Crippen LogP contribution in [0.4, 0.5) is 0 Å². The Morgan fingerprint density at radius 2 is 2.20 bits per heavy atom. The predicted octanol–water partition coefficient (Wildman–Crippen LogP) is 2.35. The first-order chi connectivity index (χ1) is 14.7. The fourth-order valence-corrected chi connectivity index (χ4v) is 3.79. The second kappa shape index (κ2) is 9.13. The Hall–Kier alpha value is -3.13. The van der Waals surface area contributed by atoms with Crippen LogP contribution in [-0.4, -0.2) is 59.4 Å². The van der Waals surface area contributed by atoms with Gasteiger partial charge in [0.1, 0.15) is 5.65 Å². The molecule has 0 atom stereocenters. The lowest BCUT2D eigenvalue weighted by molar-refractivity contribution is -0.139. The molecule has 2 N–H and O–H groups in total. The van der Waals surface area contributed by atoms with E-state index in [-0.39, 0.29) is 23.8 Å². The molecule has 8 nitrogen and oxygen atoms in total. The molecule has 2 aliphatic rings. The average molecular weight is 410 g/mol. The monoisotopic (exact) mass is 410 g/mol. The average Bonchev–Trinajstić information content (AvgIpc) is 3.30. The van der Waals surface area contributed by atoms with E-state index >= 15 is 0 Å². The van der Waals surface area contributed by atoms with Gasteiger partial charge in [0.05, 0.1) is 6.61 Å². The molecular formula is C22H26N4O4. The van der Waals surface area contributed by atoms with Crippen LogP contribution in [0.15, 0.2) is 41.7 Å². The molecule has 158 valence electrons. The standard InChI is InChI=1S/C22H26N4O4/c1-2-29-22(28)18-19(27)17(13-15-14-25-20-16(15)7-6-8-23-20)30-21(18)24-9-12-26-10-4-3-5-11-26/h6-8,13-14,24H,2-5,9-12H2,1H3,(H,23,25)/b17-13-. The number of allylic oxidation sites excluding steroid dienone is 1. The number of likely N-dealkylation sites (tertiary alicyclic amines) is 1. The molecular weight excluding hydrogens is 384 g/mol. The maximum absolute atomic E-state index is 12.9. The van der Waals surface area contributed by atoms with Crippen LogP contribution in [0.2, 0.25) is 0 Å². The molecule has 0 bridgehead atoms. The molecule has 0 radical (unpaired) electrons. The Labute approximate surface area is 174 Å². The van der Waals surface area contributed by atoms with E-state index in [0.29, 0.717) is 12.2 Å². The first kappa shape index (κ1) is 20.2. The quantitative estimate of drug-likeness (QED) is 0.411. The molecule has 8 heteroatoms. The number of fused-ring (bicyclic) bond motifs is 1. The van der Waals surface area contributed by atoms with Gasteiger partial charge >= 0.3 is 5.97 Å². The van der Waals surface area contributed by atoms with Crippen molar-refractivity contribution in [2.45, 2.75) is 26.2 Å². The number of hydrogen-bond donors (Lipinski definition) is 2. The van der Waals surface area contributed by atoms with Crippen molar-refractivity contribution in [3.63, 3.8) is 0 Å². The lowest BCUT2D eigenvalue weighted by atomic mass is 10.1. The van der Waals surface area contributed by atoms with Gasteiger partial charge in [-0.25, -0.2) is 9.78 Å². The Bertz CT molecular complexity index is 1000. The van der Waals surface area contributed by atoms with Gasteiger partial charge in [-0.05, 0) is 51.1 Å². The van der Waals surface area contributed by atoms with Gasteiger partial charge in [0.25, 0.3) is 0 Å². The van der Waals surface area contributed by atoms with E-state index < -0.39 is 11.8 Å². The summed E-state index contributed by atoms with van der Waals surface area (Å²) in [5.41, 5.74) is 1.40. The maximum Gasteiger partial charge on any atom is 0.347 e. The van der Waals surface area contributed by atoms with E-state index in [0.717, 1.165) is 30.6 Å². The van der Waals surface area contributed by atoms with Crippen LogP contribution in [0.25, 0.3) is 17.1 Å². The van der Waals surface area contributed by atoms with E-state index in [1.54, 1.807) is 25.4 Å². The zero-order valence-corrected chi connectivity index (χ0v) is 17.1. The number of esters is 1. The van der Waals surface area contributed by atoms with Crippen molar-refractivity contribution in [3.8, 4) is 0 Å². The molecule has 1 fully saturated rings. The third-order valence-corrected chi connectivity index (χ3v) is 5.30. The summed E-state index contributed by atoms with van der Waals surface area (Å²) >= 11 is 0. The van der Waals surface area contributed by atoms with Crippen molar-refractivity contribution >= 4 is 28.9 Å². The molecule has 4 heterocycles. The lowest BCUT2D eigenvalue weighted by Gasteiger charge is -2.26. The summed E-state index contributed by atoms with van der Waals surface area (Å²) in [5, 5.41) is 3.99. The van der Waals surface area contributed by atoms with Gasteiger partial charge in [0.2, 0.25) is 11.7 Å². The SMILES string of the molecule is CCOC(=O)C1=C(NCCN2CCCCC2)O/C(=C\c2c[nH]c3ncccc23)C1=O. The van der Waals surface area contributed by atoms with Crippen molar-refractivity contribution in [1.82, 2.24) is 20.2 Å². The third-order valence-electron chi connectivity index (χ3n) is 5.30. The summed E-state index contributed by atoms with van der Waals surface area (Å²) in [6, 6.07) is 3.73. The molecule has 0 spiro atoms. The number of nitrogens with one attached hydrogen (secondary N) is 2. The normalized spacial score (nSPS) is 18.8. The fraction of sp³-hybridized carbons (Fsp3) is 0.409. The molecule has 4 rings (SSSR count). The number of carbonyl (C=O) groups excluding carboxylic acids is 2. The number of nitrogens with zero attached hydrogens (tertiary/aromatic N) is 2. The van der Waals surface area contributed by atoms with Gasteiger partial charge in [0, 0.05) is 36.4 Å². The molecule has 2 aliphatic heterocycles. The zero-order chi connectivity index (χ0) is 20.9. The highest BCUT2D eigenvalue weighted by atomic mass is 16.5. The Balaban J connectivity index is 1.52. The number of carbonyl (C=O) groups is 2. The number of pyridine rings is 1. The van der Waals surface area contributed by atoms with E-state index in [2.05, 4.69) is 20.2 Å². The largest absolute Gasteiger partial charge is 0.462 e. The van der Waals surface area contributed by atoms with Gasteiger partial charge in [-0.2, -0.15) is 0 Å². The summed E-state index contributed by atoms with van der Waals surface area (Å²) in [6.07, 6.45) is 8.76. The molecule has 1 saturated heterocycles. The van der Waals surface area contributed by atoms with Crippen LogP contribution in [0.3, 0.4) is 0 Å². The number of piperidine rings is 1. The molecule has 2 aromatic rings. The highest BCUT2D eigenvalue weighted by Gasteiger charge is 2.36. The van der Waals surface area contributed by atoms with Gasteiger partial charge < -0.3 is 24.7 Å². The number of H-pyrrole nitrogens is 1. The topological polar surface area (TPSA) is 96.6 Å². The van der Waals surface area contributed by atoms with E-state index in [1.165, 1.54) is 19.3 Å². The number of aromatic amines is 1. The smallest absolute Gasteiger partial charge is 0.347 e. The fourth-order valence-electron chi connectivity index (χ4n) is 3.79. The summed E-state index contributed by atoms with van der Waals surface area (Å²) in [5.74, 6) is -0.901. The van der Waals surface area contributed by atoms with Gasteiger partial charge in [-0.1, -0.05) is 6.42 Å². The zero-order valence-electron chi connectivity index (χ0n) is 17.1. The van der Waals surface area contributed by atoms with Crippen molar-refractivity contribution in [3.05, 3.63) is 47.3 Å². The molecule has 0 saturated carbocycles. The van der Waals surface area contributed by atoms with E-state index in [1.807, 2.05) is 12.1 Å². The minimum Gasteiger partial charge on any atom is -0.462 e. The first-order valence-electron chi connectivity index (χ1n) is 10.4. The number of hydrogen-bond acceptors (Lipinski definition) is 7. The maximum atomic E-state index is 12.9. The van der Waals surface area contributed by atoms with Crippen molar-refractivity contribution in [2.75, 3.05) is 32.8 Å². The molecule has 0 aromatic carbocycles. The van der Waals surface area contributed by atoms with Crippen LogP contribution in [-0.2, 0) is 19.1 Å². The summed E-state index contributed by atoms with van der Waals surface area (Å²) in [4.78, 5) is 35.0. The number of aromatic nitrogens is 2. The number of Topliss-reactive ketones (excluding diaryl/α,β-unsaturated/α-hetero) is 1. The van der Waals surface area contributed by atoms with Gasteiger partial charge in [0.15, 0.2) is 11.3 Å². The van der Waals surface area contributed by atoms with Crippen LogP contribution in [0, 0.1) is 0 Å². The molecule has 0 amide bonds. The van der Waals surface area contributed by atoms with Crippen molar-refractivity contribution in [1.29, 1.82) is 0 Å². The third kappa shape index (κ3) is 4.23. The highest BCUT2D eigenvalue weighted by molar-refractivity contribution is 6.26. The second-order valence-corrected chi connectivity index (χ2v) is 7.34. The number of ketones is 1. The summed E-state index contributed by atoms with van der Waals surface area (Å²) in [6.45, 7) is 5.44. The van der Waals surface area contributed by atoms with Crippen LogP contribution in [0.1, 0.15) is 31.7 Å². The minimum absolute atomic E-state index is 0.0836. The Kier molecular flexibility index (Phi) is 6.13. The lowest BCUT2D eigenvalue weighted by Crippen LogP contribution is -2.36. The van der Waals surface area contributed by atoms with Gasteiger partial charge in [-0.3, -0.25) is 4.79 Å². The summed E-state index contributed by atoms with van der Waals surface area (Å²) in [7, 11) is 0. The molecule has 0 aliphatic carbocycles. The second-order valence-electron chi connectivity index (χ2n) is 7.34. The van der Waals surface area contributed by atoms with Crippen LogP contribution < -0.4 is 5.32 Å². The minimum atomic E-state index is -0.674. The highest BCUT2D eigenvalue weighted by Crippen LogP contribution is 2.28. The Morgan fingerprint density at radius 1 is 1.37 bits per heavy atom. The predicted molar refractivity (Wildman–Crippen MR) is 112 cm³/mol. The Morgan fingerprint density at radius 3 is 3.00 bits per heavy atom.